The van der Waals surface area contributed by atoms with Crippen molar-refractivity contribution in [3.63, 3.8) is 0 Å². The number of carboxylic acids is 1. The van der Waals surface area contributed by atoms with Gasteiger partial charge in [0.25, 0.3) is 11.6 Å². The maximum absolute atomic E-state index is 13.2. The summed E-state index contributed by atoms with van der Waals surface area (Å²) < 4.78 is 26.3. The molecule has 21 heavy (non-hydrogen) atoms. The van der Waals surface area contributed by atoms with Crippen LogP contribution in [-0.2, 0) is 4.79 Å². The third kappa shape index (κ3) is 2.67. The molecule has 1 aliphatic rings. The van der Waals surface area contributed by atoms with Crippen LogP contribution < -0.4 is 0 Å². The smallest absolute Gasteiger partial charge is 0.326 e. The molecule has 1 atom stereocenters. The van der Waals surface area contributed by atoms with E-state index >= 15 is 0 Å². The average molecular weight is 300 g/mol. The largest absolute Gasteiger partial charge is 0.480 e. The van der Waals surface area contributed by atoms with Crippen LogP contribution in [0.5, 0.6) is 0 Å². The van der Waals surface area contributed by atoms with E-state index in [9.17, 15) is 28.5 Å². The first-order chi connectivity index (χ1) is 9.82. The molecule has 0 radical (unpaired) electrons. The Hall–Kier alpha value is -2.58. The SMILES string of the molecule is O=C(O)[C@H]1CCCN1C(=O)c1cc(F)c(F)cc1[N+](=O)[O-]. The Morgan fingerprint density at radius 2 is 1.95 bits per heavy atom. The monoisotopic (exact) mass is 300 g/mol. The summed E-state index contributed by atoms with van der Waals surface area (Å²) in [6.07, 6.45) is 0.624. The second-order valence-electron chi connectivity index (χ2n) is 4.54. The van der Waals surface area contributed by atoms with Crippen molar-refractivity contribution in [1.29, 1.82) is 0 Å². The van der Waals surface area contributed by atoms with Crippen LogP contribution in [-0.4, -0.2) is 39.4 Å². The van der Waals surface area contributed by atoms with Gasteiger partial charge in [-0.3, -0.25) is 14.9 Å². The van der Waals surface area contributed by atoms with E-state index in [1.807, 2.05) is 0 Å². The molecule has 0 spiro atoms. The number of hydrogen-bond acceptors (Lipinski definition) is 4. The standard InChI is InChI=1S/C12H10F2N2O5/c13-7-4-6(10(16(20)21)5-8(7)14)11(17)15-3-1-2-9(15)12(18)19/h4-5,9H,1-3H2,(H,18,19)/t9-/m1/s1. The first-order valence-electron chi connectivity index (χ1n) is 6.00. The van der Waals surface area contributed by atoms with E-state index < -0.39 is 45.7 Å². The van der Waals surface area contributed by atoms with Crippen molar-refractivity contribution in [3.8, 4) is 0 Å². The predicted octanol–water partition coefficient (Wildman–Crippen LogP) is 1.56. The van der Waals surface area contributed by atoms with Crippen molar-refractivity contribution in [1.82, 2.24) is 4.90 Å². The van der Waals surface area contributed by atoms with Crippen molar-refractivity contribution in [3.05, 3.63) is 39.4 Å². The van der Waals surface area contributed by atoms with Gasteiger partial charge in [-0.05, 0) is 18.9 Å². The number of nitro benzene ring substituents is 1. The molecule has 9 heteroatoms. The van der Waals surface area contributed by atoms with Crippen LogP contribution in [0.3, 0.4) is 0 Å². The first kappa shape index (κ1) is 14.8. The van der Waals surface area contributed by atoms with Gasteiger partial charge in [-0.1, -0.05) is 0 Å². The first-order valence-corrected chi connectivity index (χ1v) is 6.00. The minimum absolute atomic E-state index is 0.0892. The topological polar surface area (TPSA) is 101 Å². The quantitative estimate of drug-likeness (QED) is 0.674. The molecule has 1 aromatic carbocycles. The number of benzene rings is 1. The van der Waals surface area contributed by atoms with Crippen molar-refractivity contribution in [2.75, 3.05) is 6.54 Å². The number of rotatable bonds is 3. The van der Waals surface area contributed by atoms with Crippen molar-refractivity contribution >= 4 is 17.6 Å². The summed E-state index contributed by atoms with van der Waals surface area (Å²) in [5, 5.41) is 19.8. The van der Waals surface area contributed by atoms with E-state index in [0.29, 0.717) is 18.6 Å². The Balaban J connectivity index is 2.45. The Morgan fingerprint density at radius 1 is 1.33 bits per heavy atom. The number of carbonyl (C=O) groups excluding carboxylic acids is 1. The summed E-state index contributed by atoms with van der Waals surface area (Å²) in [7, 11) is 0. The molecule has 1 heterocycles. The zero-order valence-corrected chi connectivity index (χ0v) is 10.6. The molecule has 7 nitrogen and oxygen atoms in total. The highest BCUT2D eigenvalue weighted by Gasteiger charge is 2.37. The number of nitrogens with zero attached hydrogens (tertiary/aromatic N) is 2. The lowest BCUT2D eigenvalue weighted by molar-refractivity contribution is -0.385. The highest BCUT2D eigenvalue weighted by atomic mass is 19.2. The second-order valence-corrected chi connectivity index (χ2v) is 4.54. The van der Waals surface area contributed by atoms with E-state index in [2.05, 4.69) is 0 Å². The Bertz CT molecular complexity index is 634. The van der Waals surface area contributed by atoms with Gasteiger partial charge in [0, 0.05) is 6.54 Å². The maximum atomic E-state index is 13.2. The van der Waals surface area contributed by atoms with Gasteiger partial charge in [0.05, 0.1) is 11.0 Å². The third-order valence-corrected chi connectivity index (χ3v) is 3.26. The Labute approximate surface area is 116 Å². The van der Waals surface area contributed by atoms with Crippen LogP contribution >= 0.6 is 0 Å². The van der Waals surface area contributed by atoms with Gasteiger partial charge >= 0.3 is 5.97 Å². The Kier molecular flexibility index (Phi) is 3.83. The molecule has 1 N–H and O–H groups in total. The van der Waals surface area contributed by atoms with Gasteiger partial charge in [0.1, 0.15) is 11.6 Å². The number of carbonyl (C=O) groups is 2. The fourth-order valence-electron chi connectivity index (χ4n) is 2.28. The Morgan fingerprint density at radius 3 is 2.52 bits per heavy atom. The minimum atomic E-state index is -1.45. The van der Waals surface area contributed by atoms with Crippen LogP contribution in [0.1, 0.15) is 23.2 Å². The lowest BCUT2D eigenvalue weighted by Crippen LogP contribution is -2.40. The highest BCUT2D eigenvalue weighted by Crippen LogP contribution is 2.27. The maximum Gasteiger partial charge on any atom is 0.326 e. The molecule has 1 fully saturated rings. The van der Waals surface area contributed by atoms with Crippen molar-refractivity contribution < 1.29 is 28.4 Å². The van der Waals surface area contributed by atoms with Gasteiger partial charge < -0.3 is 10.0 Å². The van der Waals surface area contributed by atoms with Crippen LogP contribution in [0.25, 0.3) is 0 Å². The third-order valence-electron chi connectivity index (χ3n) is 3.26. The van der Waals surface area contributed by atoms with Crippen LogP contribution in [0.15, 0.2) is 12.1 Å². The van der Waals surface area contributed by atoms with Crippen LogP contribution in [0, 0.1) is 21.7 Å². The molecule has 1 aromatic rings. The molecule has 0 unspecified atom stereocenters. The molecule has 1 aliphatic heterocycles. The summed E-state index contributed by atoms with van der Waals surface area (Å²) >= 11 is 0. The van der Waals surface area contributed by atoms with E-state index in [1.54, 1.807) is 0 Å². The van der Waals surface area contributed by atoms with E-state index in [-0.39, 0.29) is 13.0 Å². The second kappa shape index (κ2) is 5.43. The zero-order chi connectivity index (χ0) is 15.7. The number of carboxylic acid groups (broad SMARTS) is 1. The summed E-state index contributed by atoms with van der Waals surface area (Å²) in [6.45, 7) is 0.0892. The highest BCUT2D eigenvalue weighted by molar-refractivity contribution is 6.00. The molecular formula is C12H10F2N2O5. The molecule has 0 aliphatic carbocycles. The lowest BCUT2D eigenvalue weighted by Gasteiger charge is -2.21. The molecule has 0 bridgehead atoms. The van der Waals surface area contributed by atoms with E-state index in [0.717, 1.165) is 4.90 Å². The van der Waals surface area contributed by atoms with Gasteiger partial charge in [0.2, 0.25) is 0 Å². The van der Waals surface area contributed by atoms with Gasteiger partial charge in [-0.2, -0.15) is 0 Å². The molecule has 112 valence electrons. The number of nitro groups is 1. The minimum Gasteiger partial charge on any atom is -0.480 e. The predicted molar refractivity (Wildman–Crippen MR) is 64.7 cm³/mol. The summed E-state index contributed by atoms with van der Waals surface area (Å²) in [4.78, 5) is 34.0. The normalized spacial score (nSPS) is 17.8. The fraction of sp³-hybridized carbons (Fsp3) is 0.333. The molecule has 1 amide bonds. The van der Waals surface area contributed by atoms with E-state index in [1.165, 1.54) is 0 Å². The molecule has 2 rings (SSSR count). The molecule has 0 saturated carbocycles. The number of halogens is 2. The number of aliphatic carboxylic acids is 1. The number of amides is 1. The molecule has 0 aromatic heterocycles. The van der Waals surface area contributed by atoms with Gasteiger partial charge in [0.15, 0.2) is 11.6 Å². The lowest BCUT2D eigenvalue weighted by atomic mass is 10.1. The van der Waals surface area contributed by atoms with Crippen LogP contribution in [0.2, 0.25) is 0 Å². The van der Waals surface area contributed by atoms with Crippen LogP contribution in [0.4, 0.5) is 14.5 Å². The fourth-order valence-corrected chi connectivity index (χ4v) is 2.28. The zero-order valence-electron chi connectivity index (χ0n) is 10.6. The van der Waals surface area contributed by atoms with Gasteiger partial charge in [-0.25, -0.2) is 13.6 Å². The van der Waals surface area contributed by atoms with E-state index in [4.69, 9.17) is 5.11 Å². The summed E-state index contributed by atoms with van der Waals surface area (Å²) in [5.74, 6) is -5.10. The summed E-state index contributed by atoms with van der Waals surface area (Å²) in [5.41, 5.74) is -1.55. The average Bonchev–Trinajstić information content (AvgIpc) is 2.89. The van der Waals surface area contributed by atoms with Gasteiger partial charge in [-0.15, -0.1) is 0 Å². The van der Waals surface area contributed by atoms with Crippen molar-refractivity contribution in [2.45, 2.75) is 18.9 Å². The van der Waals surface area contributed by atoms with Crippen molar-refractivity contribution in [2.24, 2.45) is 0 Å². The molecular weight excluding hydrogens is 290 g/mol. The number of hydrogen-bond donors (Lipinski definition) is 1. The number of likely N-dealkylation sites (tertiary alicyclic amines) is 1. The molecule has 1 saturated heterocycles. The summed E-state index contributed by atoms with van der Waals surface area (Å²) in [6, 6.07) is -0.383.